The fourth-order valence-corrected chi connectivity index (χ4v) is 3.78. The average molecular weight is 523 g/mol. The molecule has 9 nitrogen and oxygen atoms in total. The molecule has 0 aromatic heterocycles. The van der Waals surface area contributed by atoms with Crippen molar-refractivity contribution in [2.45, 2.75) is 13.5 Å². The second-order valence-corrected chi connectivity index (χ2v) is 8.28. The molecule has 1 heterocycles. The molecule has 0 spiro atoms. The van der Waals surface area contributed by atoms with Crippen LogP contribution >= 0.6 is 0 Å². The van der Waals surface area contributed by atoms with Crippen LogP contribution in [0.1, 0.15) is 12.5 Å². The van der Waals surface area contributed by atoms with Crippen LogP contribution in [0.15, 0.2) is 72.8 Å². The Morgan fingerprint density at radius 2 is 1.71 bits per heavy atom. The maximum Gasteiger partial charge on any atom is 0.416 e. The molecule has 0 radical (unpaired) electrons. The van der Waals surface area contributed by atoms with Gasteiger partial charge in [-0.15, -0.1) is 0 Å². The summed E-state index contributed by atoms with van der Waals surface area (Å²) in [6, 6.07) is 19.3. The molecule has 0 saturated heterocycles. The van der Waals surface area contributed by atoms with Crippen LogP contribution in [0, 0.1) is 5.82 Å². The largest absolute Gasteiger partial charge is 0.492 e. The lowest BCUT2D eigenvalue weighted by atomic mass is 10.2. The molecule has 0 N–H and O–H groups in total. The quantitative estimate of drug-likeness (QED) is 0.369. The number of hydrogen-bond donors (Lipinski definition) is 0. The summed E-state index contributed by atoms with van der Waals surface area (Å²) in [5.41, 5.74) is 1.42. The molecule has 3 aromatic rings. The molecule has 4 rings (SSSR count). The second kappa shape index (κ2) is 12.6. The van der Waals surface area contributed by atoms with Gasteiger partial charge in [-0.1, -0.05) is 24.3 Å². The summed E-state index contributed by atoms with van der Waals surface area (Å²) in [6.45, 7) is 2.19. The van der Waals surface area contributed by atoms with Gasteiger partial charge < -0.3 is 23.8 Å². The van der Waals surface area contributed by atoms with Gasteiger partial charge in [0.25, 0.3) is 5.91 Å². The highest BCUT2D eigenvalue weighted by Gasteiger charge is 2.25. The summed E-state index contributed by atoms with van der Waals surface area (Å²) in [7, 11) is 0. The summed E-state index contributed by atoms with van der Waals surface area (Å²) in [5, 5.41) is 0. The highest BCUT2D eigenvalue weighted by atomic mass is 19.1. The number of nitrogens with zero attached hydrogens (tertiary/aromatic N) is 2. The predicted octanol–water partition coefficient (Wildman–Crippen LogP) is 4.19. The van der Waals surface area contributed by atoms with E-state index in [9.17, 15) is 18.8 Å². The molecule has 38 heavy (non-hydrogen) atoms. The van der Waals surface area contributed by atoms with Crippen LogP contribution in [0.4, 0.5) is 14.9 Å². The molecule has 10 heteroatoms. The van der Waals surface area contributed by atoms with Gasteiger partial charge in [0.2, 0.25) is 0 Å². The van der Waals surface area contributed by atoms with E-state index in [1.165, 1.54) is 29.2 Å². The monoisotopic (exact) mass is 522 g/mol. The number of ether oxygens (including phenoxy) is 4. The van der Waals surface area contributed by atoms with Crippen molar-refractivity contribution in [3.8, 4) is 17.2 Å². The van der Waals surface area contributed by atoms with Crippen LogP contribution < -0.4 is 19.1 Å². The highest BCUT2D eigenvalue weighted by Crippen LogP contribution is 2.31. The zero-order chi connectivity index (χ0) is 26.9. The molecule has 1 aliphatic heterocycles. The normalized spacial score (nSPS) is 12.3. The van der Waals surface area contributed by atoms with Crippen molar-refractivity contribution < 1.29 is 37.7 Å². The zero-order valence-electron chi connectivity index (χ0n) is 20.8. The van der Waals surface area contributed by atoms with Crippen LogP contribution in [0.3, 0.4) is 0 Å². The van der Waals surface area contributed by atoms with Crippen molar-refractivity contribution in [1.82, 2.24) is 4.90 Å². The summed E-state index contributed by atoms with van der Waals surface area (Å²) in [4.78, 5) is 40.0. The van der Waals surface area contributed by atoms with Gasteiger partial charge in [0, 0.05) is 6.54 Å². The van der Waals surface area contributed by atoms with Crippen molar-refractivity contribution in [3.05, 3.63) is 84.2 Å². The van der Waals surface area contributed by atoms with Crippen LogP contribution in [0.2, 0.25) is 0 Å². The zero-order valence-corrected chi connectivity index (χ0v) is 20.8. The molecule has 0 unspecified atom stereocenters. The van der Waals surface area contributed by atoms with Gasteiger partial charge in [0.15, 0.2) is 6.61 Å². The topological polar surface area (TPSA) is 94.6 Å². The Morgan fingerprint density at radius 1 is 1.00 bits per heavy atom. The molecule has 0 bridgehead atoms. The van der Waals surface area contributed by atoms with Gasteiger partial charge >= 0.3 is 12.1 Å². The van der Waals surface area contributed by atoms with E-state index in [4.69, 9.17) is 18.9 Å². The van der Waals surface area contributed by atoms with Gasteiger partial charge in [0.05, 0.1) is 18.8 Å². The lowest BCUT2D eigenvalue weighted by Crippen LogP contribution is -2.41. The van der Waals surface area contributed by atoms with Gasteiger partial charge in [-0.25, -0.2) is 9.18 Å². The summed E-state index contributed by atoms with van der Waals surface area (Å²) < 4.78 is 34.7. The number of benzene rings is 3. The van der Waals surface area contributed by atoms with E-state index in [1.807, 2.05) is 24.3 Å². The number of fused-ring (bicyclic) bond motifs is 1. The maximum absolute atomic E-state index is 13.2. The molecule has 0 fully saturated rings. The van der Waals surface area contributed by atoms with Crippen molar-refractivity contribution in [1.29, 1.82) is 0 Å². The number of carbonyl (C=O) groups excluding carboxylic acids is 3. The maximum atomic E-state index is 13.2. The Kier molecular flexibility index (Phi) is 8.76. The van der Waals surface area contributed by atoms with E-state index in [0.29, 0.717) is 23.7 Å². The third-order valence-electron chi connectivity index (χ3n) is 5.59. The van der Waals surface area contributed by atoms with E-state index in [-0.39, 0.29) is 44.6 Å². The van der Waals surface area contributed by atoms with Gasteiger partial charge in [-0.05, 0) is 61.0 Å². The van der Waals surface area contributed by atoms with Crippen LogP contribution in [-0.4, -0.2) is 55.8 Å². The first-order valence-corrected chi connectivity index (χ1v) is 12.0. The number of amides is 2. The minimum Gasteiger partial charge on any atom is -0.492 e. The van der Waals surface area contributed by atoms with Gasteiger partial charge in [-0.3, -0.25) is 14.5 Å². The summed E-state index contributed by atoms with van der Waals surface area (Å²) in [5.74, 6) is 0.196. The Labute approximate surface area is 219 Å². The highest BCUT2D eigenvalue weighted by molar-refractivity contribution is 5.97. The van der Waals surface area contributed by atoms with Gasteiger partial charge in [-0.2, -0.15) is 0 Å². The number of rotatable bonds is 10. The Morgan fingerprint density at radius 3 is 2.45 bits per heavy atom. The smallest absolute Gasteiger partial charge is 0.416 e. The Bertz CT molecular complexity index is 1260. The molecule has 1 aliphatic rings. The molecular formula is C28H27FN2O7. The van der Waals surface area contributed by atoms with Gasteiger partial charge in [0.1, 0.15) is 36.2 Å². The molecule has 198 valence electrons. The second-order valence-electron chi connectivity index (χ2n) is 8.28. The molecule has 2 amide bonds. The fraction of sp³-hybridized carbons (Fsp3) is 0.250. The number of anilines is 1. The van der Waals surface area contributed by atoms with Crippen LogP contribution in [-0.2, 0) is 20.9 Å². The lowest BCUT2D eigenvalue weighted by Gasteiger charge is -2.29. The van der Waals surface area contributed by atoms with Crippen LogP contribution in [0.5, 0.6) is 17.2 Å². The molecular weight excluding hydrogens is 495 g/mol. The first-order valence-electron chi connectivity index (χ1n) is 12.0. The van der Waals surface area contributed by atoms with Crippen molar-refractivity contribution >= 4 is 23.7 Å². The van der Waals surface area contributed by atoms with E-state index >= 15 is 0 Å². The average Bonchev–Trinajstić information content (AvgIpc) is 2.92. The molecule has 0 aliphatic carbocycles. The number of para-hydroxylation sites is 2. The summed E-state index contributed by atoms with van der Waals surface area (Å²) in [6.07, 6.45) is -0.777. The molecule has 3 aromatic carbocycles. The van der Waals surface area contributed by atoms with Crippen molar-refractivity contribution in [2.24, 2.45) is 0 Å². The third kappa shape index (κ3) is 7.00. The standard InChI is InChI=1S/C28H27FN2O7/c1-2-35-27(33)18-30(28(34)38-23-13-9-21(29)10-14-23)17-20-7-11-22(12-8-20)36-16-15-31-24-5-3-4-6-25(24)37-19-26(31)32/h3-14H,2,15-19H2,1H3. The van der Waals surface area contributed by atoms with E-state index in [1.54, 1.807) is 36.1 Å². The van der Waals surface area contributed by atoms with Crippen molar-refractivity contribution in [3.63, 3.8) is 0 Å². The fourth-order valence-electron chi connectivity index (χ4n) is 3.78. The number of esters is 1. The molecule has 0 saturated carbocycles. The van der Waals surface area contributed by atoms with Crippen molar-refractivity contribution in [2.75, 3.05) is 37.8 Å². The first-order chi connectivity index (χ1) is 18.4. The Balaban J connectivity index is 1.35. The SMILES string of the molecule is CCOC(=O)CN(Cc1ccc(OCCN2C(=O)COc3ccccc32)cc1)C(=O)Oc1ccc(F)cc1. The first kappa shape index (κ1) is 26.5. The number of carbonyl (C=O) groups is 3. The lowest BCUT2D eigenvalue weighted by molar-refractivity contribution is -0.144. The third-order valence-corrected chi connectivity index (χ3v) is 5.59. The number of hydrogen-bond acceptors (Lipinski definition) is 7. The minimum absolute atomic E-state index is 0.0163. The van der Waals surface area contributed by atoms with Crippen LogP contribution in [0.25, 0.3) is 0 Å². The Hall–Kier alpha value is -4.60. The van der Waals surface area contributed by atoms with E-state index in [2.05, 4.69) is 0 Å². The molecule has 0 atom stereocenters. The van der Waals surface area contributed by atoms with E-state index in [0.717, 1.165) is 5.56 Å². The number of halogens is 1. The summed E-state index contributed by atoms with van der Waals surface area (Å²) >= 11 is 0. The van der Waals surface area contributed by atoms with E-state index < -0.39 is 17.9 Å². The predicted molar refractivity (Wildman–Crippen MR) is 136 cm³/mol. The minimum atomic E-state index is -0.777.